The number of urea groups is 1. The number of hydrogen-bond donors (Lipinski definition) is 2. The fourth-order valence-corrected chi connectivity index (χ4v) is 2.24. The molecule has 0 aromatic heterocycles. The number of rotatable bonds is 5. The molecule has 2 N–H and O–H groups in total. The van der Waals surface area contributed by atoms with Crippen LogP contribution in [-0.2, 0) is 16.0 Å². The number of imide groups is 1. The summed E-state index contributed by atoms with van der Waals surface area (Å²) < 4.78 is 4.32. The van der Waals surface area contributed by atoms with Crippen LogP contribution in [0.5, 0.6) is 0 Å². The number of benzene rings is 1. The van der Waals surface area contributed by atoms with Gasteiger partial charge in [-0.05, 0) is 24.5 Å². The molecule has 1 aromatic rings. The number of carbonyl (C=O) groups is 3. The lowest BCUT2D eigenvalue weighted by atomic mass is 10.0. The highest BCUT2D eigenvalue weighted by Crippen LogP contribution is 2.25. The Hall–Kier alpha value is -2.28. The Morgan fingerprint density at radius 1 is 1.30 bits per heavy atom. The summed E-state index contributed by atoms with van der Waals surface area (Å²) in [6, 6.07) is 4.91. The maximum absolute atomic E-state index is 12.2. The molecule has 23 heavy (non-hydrogen) atoms. The molecule has 1 aromatic carbocycles. The van der Waals surface area contributed by atoms with E-state index in [9.17, 15) is 14.4 Å². The number of aryl methyl sites for hydroxylation is 2. The number of nitrogens with one attached hydrogen (secondary N) is 2. The van der Waals surface area contributed by atoms with E-state index in [1.807, 2.05) is 37.4 Å². The fourth-order valence-electron chi connectivity index (χ4n) is 2.09. The van der Waals surface area contributed by atoms with Crippen molar-refractivity contribution in [2.75, 3.05) is 24.6 Å². The minimum absolute atomic E-state index is 0.119. The lowest BCUT2D eigenvalue weighted by Gasteiger charge is -2.26. The van der Waals surface area contributed by atoms with E-state index in [2.05, 4.69) is 10.1 Å². The number of carbonyl (C=O) groups excluding carboxylic acids is 3. The lowest BCUT2D eigenvalue weighted by molar-refractivity contribution is -0.116. The van der Waals surface area contributed by atoms with E-state index in [0.29, 0.717) is 5.69 Å². The molecule has 4 amide bonds. The molecule has 0 radical (unpaired) electrons. The van der Waals surface area contributed by atoms with E-state index in [4.69, 9.17) is 11.6 Å². The van der Waals surface area contributed by atoms with Gasteiger partial charge >= 0.3 is 12.1 Å². The zero-order valence-electron chi connectivity index (χ0n) is 13.3. The zero-order chi connectivity index (χ0) is 17.4. The molecule has 0 bridgehead atoms. The van der Waals surface area contributed by atoms with E-state index in [1.54, 1.807) is 0 Å². The third-order valence-electron chi connectivity index (χ3n) is 3.19. The molecule has 0 atom stereocenters. The van der Waals surface area contributed by atoms with E-state index in [0.717, 1.165) is 24.7 Å². The Kier molecular flexibility index (Phi) is 7.34. The second kappa shape index (κ2) is 8.99. The Bertz CT molecular complexity index is 592. The normalized spacial score (nSPS) is 9.91. The first-order chi connectivity index (χ1) is 10.9. The Morgan fingerprint density at radius 2 is 2.00 bits per heavy atom. The first kappa shape index (κ1) is 18.8. The molecule has 8 heteroatoms. The summed E-state index contributed by atoms with van der Waals surface area (Å²) in [4.78, 5) is 36.1. The third-order valence-corrected chi connectivity index (χ3v) is 3.41. The summed E-state index contributed by atoms with van der Waals surface area (Å²) in [6.07, 6.45) is -0.167. The third kappa shape index (κ3) is 5.14. The van der Waals surface area contributed by atoms with Crippen molar-refractivity contribution in [1.82, 2.24) is 10.6 Å². The standard InChI is InChI=1S/C15H20ClN3O4/c1-4-11-7-5-6-10(2)13(11)19(12(20)8-16)9-17-14(21)18-15(22)23-3/h5-7H,4,8-9H2,1-3H3,(H2,17,18,21,22). The number of para-hydroxylation sites is 1. The molecule has 0 unspecified atom stereocenters. The molecule has 0 fully saturated rings. The number of hydrogen-bond acceptors (Lipinski definition) is 4. The fraction of sp³-hybridized carbons (Fsp3) is 0.400. The van der Waals surface area contributed by atoms with Crippen LogP contribution in [0.2, 0.25) is 0 Å². The topological polar surface area (TPSA) is 87.7 Å². The van der Waals surface area contributed by atoms with E-state index < -0.39 is 12.1 Å². The second-order valence-electron chi connectivity index (χ2n) is 4.67. The van der Waals surface area contributed by atoms with Crippen LogP contribution in [0.15, 0.2) is 18.2 Å². The van der Waals surface area contributed by atoms with Gasteiger partial charge in [-0.3, -0.25) is 9.69 Å². The lowest BCUT2D eigenvalue weighted by Crippen LogP contribution is -2.47. The van der Waals surface area contributed by atoms with E-state index >= 15 is 0 Å². The number of nitrogens with zero attached hydrogens (tertiary/aromatic N) is 1. The monoisotopic (exact) mass is 341 g/mol. The van der Waals surface area contributed by atoms with Crippen molar-refractivity contribution >= 4 is 35.3 Å². The molecule has 0 heterocycles. The van der Waals surface area contributed by atoms with Gasteiger partial charge in [0.2, 0.25) is 5.91 Å². The van der Waals surface area contributed by atoms with E-state index in [1.165, 1.54) is 4.90 Å². The first-order valence-corrected chi connectivity index (χ1v) is 7.55. The van der Waals surface area contributed by atoms with Crippen molar-refractivity contribution in [3.63, 3.8) is 0 Å². The Labute approximate surface area is 139 Å². The van der Waals surface area contributed by atoms with Gasteiger partial charge in [-0.2, -0.15) is 0 Å². The zero-order valence-corrected chi connectivity index (χ0v) is 14.1. The predicted octanol–water partition coefficient (Wildman–Crippen LogP) is 2.15. The average molecular weight is 342 g/mol. The Balaban J connectivity index is 2.97. The number of halogens is 1. The summed E-state index contributed by atoms with van der Waals surface area (Å²) in [5, 5.41) is 4.39. The number of methoxy groups -OCH3 is 1. The number of alkyl halides is 1. The summed E-state index contributed by atoms with van der Waals surface area (Å²) in [7, 11) is 1.15. The van der Waals surface area contributed by atoms with Crippen molar-refractivity contribution in [2.45, 2.75) is 20.3 Å². The van der Waals surface area contributed by atoms with Crippen molar-refractivity contribution in [3.8, 4) is 0 Å². The number of ether oxygens (including phenoxy) is 1. The van der Waals surface area contributed by atoms with Crippen molar-refractivity contribution in [1.29, 1.82) is 0 Å². The van der Waals surface area contributed by atoms with Crippen LogP contribution in [0.1, 0.15) is 18.1 Å². The van der Waals surface area contributed by atoms with Gasteiger partial charge in [-0.1, -0.05) is 25.1 Å². The van der Waals surface area contributed by atoms with Gasteiger partial charge in [0.25, 0.3) is 0 Å². The van der Waals surface area contributed by atoms with E-state index in [-0.39, 0.29) is 18.5 Å². The summed E-state index contributed by atoms with van der Waals surface area (Å²) in [5.41, 5.74) is 2.55. The van der Waals surface area contributed by atoms with Gasteiger partial charge in [0.1, 0.15) is 5.88 Å². The largest absolute Gasteiger partial charge is 0.453 e. The molecule has 7 nitrogen and oxygen atoms in total. The smallest absolute Gasteiger partial charge is 0.415 e. The maximum Gasteiger partial charge on any atom is 0.415 e. The molecular formula is C15H20ClN3O4. The molecule has 0 saturated carbocycles. The number of amides is 4. The average Bonchev–Trinajstić information content (AvgIpc) is 2.55. The molecule has 0 aliphatic rings. The highest BCUT2D eigenvalue weighted by molar-refractivity contribution is 6.29. The molecule has 126 valence electrons. The van der Waals surface area contributed by atoms with Crippen LogP contribution in [0, 0.1) is 6.92 Å². The SMILES string of the molecule is CCc1cccc(C)c1N(CNC(=O)NC(=O)OC)C(=O)CCl. The van der Waals surface area contributed by atoms with Gasteiger partial charge in [0, 0.05) is 0 Å². The predicted molar refractivity (Wildman–Crippen MR) is 87.7 cm³/mol. The van der Waals surface area contributed by atoms with Crippen LogP contribution in [-0.4, -0.2) is 37.7 Å². The molecule has 1 rings (SSSR count). The van der Waals surface area contributed by atoms with Crippen LogP contribution >= 0.6 is 11.6 Å². The van der Waals surface area contributed by atoms with Crippen LogP contribution in [0.3, 0.4) is 0 Å². The van der Waals surface area contributed by atoms with Crippen molar-refractivity contribution < 1.29 is 19.1 Å². The highest BCUT2D eigenvalue weighted by Gasteiger charge is 2.20. The van der Waals surface area contributed by atoms with Crippen molar-refractivity contribution in [2.24, 2.45) is 0 Å². The molecular weight excluding hydrogens is 322 g/mol. The first-order valence-electron chi connectivity index (χ1n) is 7.02. The van der Waals surface area contributed by atoms with Gasteiger partial charge in [0.15, 0.2) is 0 Å². The van der Waals surface area contributed by atoms with Crippen LogP contribution in [0.4, 0.5) is 15.3 Å². The molecule has 0 saturated heterocycles. The van der Waals surface area contributed by atoms with Crippen molar-refractivity contribution in [3.05, 3.63) is 29.3 Å². The second-order valence-corrected chi connectivity index (χ2v) is 4.94. The Morgan fingerprint density at radius 3 is 2.57 bits per heavy atom. The number of anilines is 1. The summed E-state index contributed by atoms with van der Waals surface area (Å²) in [6.45, 7) is 3.72. The molecule has 0 spiro atoms. The quantitative estimate of drug-likeness (QED) is 0.634. The van der Waals surface area contributed by atoms with Gasteiger partial charge in [-0.25, -0.2) is 14.9 Å². The van der Waals surface area contributed by atoms with Crippen LogP contribution < -0.4 is 15.5 Å². The highest BCUT2D eigenvalue weighted by atomic mass is 35.5. The molecule has 0 aliphatic carbocycles. The number of alkyl carbamates (subject to hydrolysis) is 1. The van der Waals surface area contributed by atoms with Crippen LogP contribution in [0.25, 0.3) is 0 Å². The minimum atomic E-state index is -0.886. The summed E-state index contributed by atoms with van der Waals surface area (Å²) in [5.74, 6) is -0.577. The van der Waals surface area contributed by atoms with Gasteiger partial charge in [-0.15, -0.1) is 11.6 Å². The maximum atomic E-state index is 12.2. The molecule has 0 aliphatic heterocycles. The summed E-state index contributed by atoms with van der Waals surface area (Å²) >= 11 is 5.67. The van der Waals surface area contributed by atoms with Gasteiger partial charge in [0.05, 0.1) is 19.5 Å². The minimum Gasteiger partial charge on any atom is -0.453 e. The van der Waals surface area contributed by atoms with Gasteiger partial charge < -0.3 is 10.1 Å².